The Labute approximate surface area is 193 Å². The number of sulfone groups is 1. The van der Waals surface area contributed by atoms with Gasteiger partial charge in [-0.1, -0.05) is 59.6 Å². The zero-order valence-corrected chi connectivity index (χ0v) is 20.1. The lowest BCUT2D eigenvalue weighted by molar-refractivity contribution is 0.591. The molecule has 0 aliphatic carbocycles. The molecule has 0 atom stereocenters. The van der Waals surface area contributed by atoms with Crippen LogP contribution in [0, 0.1) is 0 Å². The molecule has 0 unspecified atom stereocenters. The van der Waals surface area contributed by atoms with Crippen molar-refractivity contribution in [3.63, 3.8) is 0 Å². The summed E-state index contributed by atoms with van der Waals surface area (Å²) in [7, 11) is -1.48. The van der Waals surface area contributed by atoms with Crippen molar-refractivity contribution in [3.05, 3.63) is 69.7 Å². The molecule has 0 saturated heterocycles. The number of rotatable bonds is 8. The second kappa shape index (κ2) is 12.5. The molecule has 0 radical (unpaired) electrons. The second-order valence-corrected chi connectivity index (χ2v) is 9.05. The molecule has 0 bridgehead atoms. The molecule has 2 aromatic rings. The van der Waals surface area contributed by atoms with E-state index in [4.69, 9.17) is 23.2 Å². The van der Waals surface area contributed by atoms with Crippen LogP contribution in [0.4, 0.5) is 0 Å². The predicted octanol–water partition coefficient (Wildman–Crippen LogP) is 4.28. The van der Waals surface area contributed by atoms with Crippen molar-refractivity contribution >= 4 is 63.0 Å². The Morgan fingerprint density at radius 1 is 1.07 bits per heavy atom. The van der Waals surface area contributed by atoms with Gasteiger partial charge in [0.25, 0.3) is 0 Å². The average Bonchev–Trinajstić information content (AvgIpc) is 2.63. The Balaban J connectivity index is 0.00000392. The van der Waals surface area contributed by atoms with Gasteiger partial charge in [-0.15, -0.1) is 24.0 Å². The van der Waals surface area contributed by atoms with Crippen LogP contribution in [0.25, 0.3) is 0 Å². The van der Waals surface area contributed by atoms with E-state index in [0.717, 1.165) is 11.1 Å². The smallest absolute Gasteiger partial charge is 0.191 e. The van der Waals surface area contributed by atoms with Crippen LogP contribution in [0.15, 0.2) is 53.5 Å². The number of nitrogens with zero attached hydrogens (tertiary/aromatic N) is 1. The fourth-order valence-corrected chi connectivity index (χ4v) is 4.37. The maximum atomic E-state index is 12.2. The van der Waals surface area contributed by atoms with Crippen molar-refractivity contribution in [1.82, 2.24) is 10.6 Å². The van der Waals surface area contributed by atoms with E-state index in [0.29, 0.717) is 35.5 Å². The van der Waals surface area contributed by atoms with Crippen LogP contribution in [0.3, 0.4) is 0 Å². The first-order valence-electron chi connectivity index (χ1n) is 8.52. The molecule has 2 N–H and O–H groups in total. The van der Waals surface area contributed by atoms with Crippen molar-refractivity contribution in [2.75, 3.05) is 19.3 Å². The van der Waals surface area contributed by atoms with E-state index in [1.54, 1.807) is 19.2 Å². The maximum absolute atomic E-state index is 12.2. The number of halogens is 3. The minimum Gasteiger partial charge on any atom is -0.356 e. The molecule has 28 heavy (non-hydrogen) atoms. The van der Waals surface area contributed by atoms with Gasteiger partial charge < -0.3 is 10.6 Å². The molecule has 0 aromatic heterocycles. The van der Waals surface area contributed by atoms with Crippen LogP contribution in [-0.2, 0) is 22.1 Å². The van der Waals surface area contributed by atoms with Crippen molar-refractivity contribution in [1.29, 1.82) is 0 Å². The molecule has 0 fully saturated rings. The predicted molar refractivity (Wildman–Crippen MR) is 129 cm³/mol. The van der Waals surface area contributed by atoms with Gasteiger partial charge in [0.1, 0.15) is 0 Å². The highest BCUT2D eigenvalue weighted by molar-refractivity contribution is 14.0. The minimum atomic E-state index is -3.13. The minimum absolute atomic E-state index is 0. The summed E-state index contributed by atoms with van der Waals surface area (Å²) in [5.41, 5.74) is 1.71. The molecule has 9 heteroatoms. The third-order valence-corrected chi connectivity index (χ3v) is 6.11. The molecule has 0 aliphatic heterocycles. The highest BCUT2D eigenvalue weighted by Crippen LogP contribution is 2.20. The van der Waals surface area contributed by atoms with Crippen LogP contribution >= 0.6 is 47.2 Å². The van der Waals surface area contributed by atoms with Gasteiger partial charge in [0.05, 0.1) is 11.5 Å². The fraction of sp³-hybridized carbons (Fsp3) is 0.316. The first-order chi connectivity index (χ1) is 12.9. The van der Waals surface area contributed by atoms with Gasteiger partial charge in [-0.05, 0) is 29.7 Å². The zero-order valence-electron chi connectivity index (χ0n) is 15.5. The summed E-state index contributed by atoms with van der Waals surface area (Å²) in [6, 6.07) is 14.5. The number of guanidine groups is 1. The number of hydrogen-bond acceptors (Lipinski definition) is 3. The molecule has 5 nitrogen and oxygen atoms in total. The van der Waals surface area contributed by atoms with Gasteiger partial charge in [0.15, 0.2) is 15.8 Å². The van der Waals surface area contributed by atoms with Crippen molar-refractivity contribution in [2.24, 2.45) is 4.99 Å². The van der Waals surface area contributed by atoms with E-state index in [-0.39, 0.29) is 35.5 Å². The average molecular weight is 556 g/mol. The molecule has 0 heterocycles. The van der Waals surface area contributed by atoms with E-state index in [9.17, 15) is 8.42 Å². The number of hydrogen-bond donors (Lipinski definition) is 2. The van der Waals surface area contributed by atoms with E-state index in [2.05, 4.69) is 15.6 Å². The number of benzene rings is 2. The van der Waals surface area contributed by atoms with Gasteiger partial charge in [0.2, 0.25) is 0 Å². The van der Waals surface area contributed by atoms with Crippen LogP contribution < -0.4 is 10.6 Å². The summed E-state index contributed by atoms with van der Waals surface area (Å²) in [6.07, 6.45) is 0.498. The van der Waals surface area contributed by atoms with Crippen LogP contribution in [0.1, 0.15) is 17.5 Å². The Kier molecular flexibility index (Phi) is 11.2. The SMILES string of the molecule is CN=C(NCCCS(=O)(=O)Cc1ccccc1)NCc1ccc(Cl)cc1Cl.I. The van der Waals surface area contributed by atoms with Crippen LogP contribution in [0.5, 0.6) is 0 Å². The standard InChI is InChI=1S/C19H23Cl2N3O2S.HI/c1-22-19(24-13-16-8-9-17(20)12-18(16)21)23-10-5-11-27(25,26)14-15-6-3-2-4-7-15;/h2-4,6-9,12H,5,10-11,13-14H2,1H3,(H2,22,23,24);1H. The molecule has 0 spiro atoms. The summed E-state index contributed by atoms with van der Waals surface area (Å²) in [5, 5.41) is 7.42. The van der Waals surface area contributed by atoms with E-state index < -0.39 is 9.84 Å². The van der Waals surface area contributed by atoms with E-state index in [1.807, 2.05) is 36.4 Å². The lowest BCUT2D eigenvalue weighted by Gasteiger charge is -2.13. The molecular weight excluding hydrogens is 532 g/mol. The van der Waals surface area contributed by atoms with Crippen LogP contribution in [-0.4, -0.2) is 33.7 Å². The fourth-order valence-electron chi connectivity index (χ4n) is 2.46. The highest BCUT2D eigenvalue weighted by atomic mass is 127. The summed E-state index contributed by atoms with van der Waals surface area (Å²) >= 11 is 12.0. The quantitative estimate of drug-likeness (QED) is 0.221. The third kappa shape index (κ3) is 8.98. The molecule has 0 aliphatic rings. The lowest BCUT2D eigenvalue weighted by Crippen LogP contribution is -2.37. The lowest BCUT2D eigenvalue weighted by atomic mass is 10.2. The summed E-state index contributed by atoms with van der Waals surface area (Å²) in [4.78, 5) is 4.13. The molecular formula is C19H24Cl2IN3O2S. The molecule has 2 aromatic carbocycles. The summed E-state index contributed by atoms with van der Waals surface area (Å²) in [5.74, 6) is 0.770. The molecule has 0 amide bonds. The van der Waals surface area contributed by atoms with Gasteiger partial charge in [-0.3, -0.25) is 4.99 Å². The van der Waals surface area contributed by atoms with Gasteiger partial charge in [0, 0.05) is 30.2 Å². The Hall–Kier alpha value is -1.03. The topological polar surface area (TPSA) is 70.6 Å². The van der Waals surface area contributed by atoms with Gasteiger partial charge in [-0.25, -0.2) is 8.42 Å². The van der Waals surface area contributed by atoms with E-state index in [1.165, 1.54) is 0 Å². The second-order valence-electron chi connectivity index (χ2n) is 6.02. The Bertz CT molecular complexity index is 878. The van der Waals surface area contributed by atoms with Crippen molar-refractivity contribution < 1.29 is 8.42 Å². The Morgan fingerprint density at radius 2 is 1.79 bits per heavy atom. The normalized spacial score (nSPS) is 11.6. The maximum Gasteiger partial charge on any atom is 0.191 e. The first-order valence-corrected chi connectivity index (χ1v) is 11.1. The Morgan fingerprint density at radius 3 is 2.43 bits per heavy atom. The van der Waals surface area contributed by atoms with Gasteiger partial charge >= 0.3 is 0 Å². The largest absolute Gasteiger partial charge is 0.356 e. The van der Waals surface area contributed by atoms with Crippen LogP contribution in [0.2, 0.25) is 10.0 Å². The first kappa shape index (κ1) is 25.0. The van der Waals surface area contributed by atoms with E-state index >= 15 is 0 Å². The molecule has 0 saturated carbocycles. The summed E-state index contributed by atoms with van der Waals surface area (Å²) < 4.78 is 24.4. The van der Waals surface area contributed by atoms with Gasteiger partial charge in [-0.2, -0.15) is 0 Å². The van der Waals surface area contributed by atoms with Crippen molar-refractivity contribution in [3.8, 4) is 0 Å². The monoisotopic (exact) mass is 555 g/mol. The molecule has 154 valence electrons. The summed E-state index contributed by atoms with van der Waals surface area (Å²) in [6.45, 7) is 0.990. The third-order valence-electron chi connectivity index (χ3n) is 3.84. The number of aliphatic imine (C=N–C) groups is 1. The van der Waals surface area contributed by atoms with Crippen molar-refractivity contribution in [2.45, 2.75) is 18.7 Å². The highest BCUT2D eigenvalue weighted by Gasteiger charge is 2.11. The number of nitrogens with one attached hydrogen (secondary N) is 2. The zero-order chi connectivity index (χ0) is 19.7. The molecule has 2 rings (SSSR count).